The Hall–Kier alpha value is -2.14. The summed E-state index contributed by atoms with van der Waals surface area (Å²) in [6.07, 6.45) is 0. The number of benzene rings is 1. The highest BCUT2D eigenvalue weighted by Crippen LogP contribution is 2.38. The Kier molecular flexibility index (Phi) is 3.98. The molecule has 0 saturated carbocycles. The Balaban J connectivity index is 2.17. The Morgan fingerprint density at radius 1 is 1.09 bits per heavy atom. The topological polar surface area (TPSA) is 47.0 Å². The van der Waals surface area contributed by atoms with Crippen LogP contribution in [0.25, 0.3) is 21.3 Å². The standard InChI is InChI=1S/C18H21N3OS/c1-11-19-16(21-18(2,3)4)15-14(10-23-17(15)20-11)12-6-8-13(22-5)9-7-12/h6-10H,1-5H3,(H,19,20,21). The zero-order valence-electron chi connectivity index (χ0n) is 14.1. The number of methoxy groups -OCH3 is 1. The normalized spacial score (nSPS) is 11.7. The van der Waals surface area contributed by atoms with Crippen molar-refractivity contribution in [1.29, 1.82) is 0 Å². The van der Waals surface area contributed by atoms with Gasteiger partial charge < -0.3 is 10.1 Å². The summed E-state index contributed by atoms with van der Waals surface area (Å²) in [6, 6.07) is 8.09. The quantitative estimate of drug-likeness (QED) is 0.744. The number of aromatic nitrogens is 2. The lowest BCUT2D eigenvalue weighted by atomic mass is 10.0. The molecule has 23 heavy (non-hydrogen) atoms. The SMILES string of the molecule is COc1ccc(-c2csc3nc(C)nc(NC(C)(C)C)c23)cc1. The van der Waals surface area contributed by atoms with Crippen LogP contribution in [0.5, 0.6) is 5.75 Å². The number of thiophene rings is 1. The maximum Gasteiger partial charge on any atom is 0.139 e. The zero-order valence-corrected chi connectivity index (χ0v) is 14.9. The minimum absolute atomic E-state index is 0.0627. The van der Waals surface area contributed by atoms with E-state index in [2.05, 4.69) is 53.6 Å². The first-order valence-electron chi connectivity index (χ1n) is 7.56. The van der Waals surface area contributed by atoms with Crippen LogP contribution in [-0.4, -0.2) is 22.6 Å². The molecule has 0 unspecified atom stereocenters. The lowest BCUT2D eigenvalue weighted by molar-refractivity contribution is 0.415. The van der Waals surface area contributed by atoms with E-state index >= 15 is 0 Å². The van der Waals surface area contributed by atoms with Crippen LogP contribution in [0.3, 0.4) is 0 Å². The van der Waals surface area contributed by atoms with Crippen molar-refractivity contribution in [3.63, 3.8) is 0 Å². The highest BCUT2D eigenvalue weighted by molar-refractivity contribution is 7.17. The van der Waals surface area contributed by atoms with Crippen molar-refractivity contribution in [3.8, 4) is 16.9 Å². The fourth-order valence-corrected chi connectivity index (χ4v) is 3.47. The molecule has 3 rings (SSSR count). The van der Waals surface area contributed by atoms with Gasteiger partial charge in [0.1, 0.15) is 22.2 Å². The predicted octanol–water partition coefficient (Wildman–Crippen LogP) is 4.89. The molecule has 0 saturated heterocycles. The summed E-state index contributed by atoms with van der Waals surface area (Å²) in [4.78, 5) is 10.2. The van der Waals surface area contributed by atoms with Crippen LogP contribution in [0.1, 0.15) is 26.6 Å². The summed E-state index contributed by atoms with van der Waals surface area (Å²) in [5.41, 5.74) is 2.23. The second-order valence-electron chi connectivity index (χ2n) is 6.55. The summed E-state index contributed by atoms with van der Waals surface area (Å²) in [6.45, 7) is 8.33. The van der Waals surface area contributed by atoms with E-state index < -0.39 is 0 Å². The van der Waals surface area contributed by atoms with E-state index in [1.165, 1.54) is 0 Å². The van der Waals surface area contributed by atoms with Crippen molar-refractivity contribution in [2.24, 2.45) is 0 Å². The Labute approximate surface area is 140 Å². The van der Waals surface area contributed by atoms with E-state index in [1.54, 1.807) is 18.4 Å². The van der Waals surface area contributed by atoms with Gasteiger partial charge in [0, 0.05) is 16.5 Å². The van der Waals surface area contributed by atoms with Crippen molar-refractivity contribution in [1.82, 2.24) is 9.97 Å². The third-order valence-electron chi connectivity index (χ3n) is 3.44. The van der Waals surface area contributed by atoms with Crippen LogP contribution >= 0.6 is 11.3 Å². The van der Waals surface area contributed by atoms with Gasteiger partial charge in [-0.25, -0.2) is 9.97 Å². The second kappa shape index (κ2) is 5.81. The van der Waals surface area contributed by atoms with Crippen LogP contribution in [0.4, 0.5) is 5.82 Å². The molecule has 2 heterocycles. The molecule has 0 spiro atoms. The minimum atomic E-state index is -0.0627. The van der Waals surface area contributed by atoms with Gasteiger partial charge in [-0.1, -0.05) is 12.1 Å². The maximum atomic E-state index is 5.24. The molecule has 1 N–H and O–H groups in total. The molecule has 0 aliphatic rings. The minimum Gasteiger partial charge on any atom is -0.497 e. The van der Waals surface area contributed by atoms with Gasteiger partial charge in [-0.05, 0) is 45.4 Å². The summed E-state index contributed by atoms with van der Waals surface area (Å²) in [5.74, 6) is 2.54. The van der Waals surface area contributed by atoms with E-state index in [-0.39, 0.29) is 5.54 Å². The third kappa shape index (κ3) is 3.29. The highest BCUT2D eigenvalue weighted by atomic mass is 32.1. The smallest absolute Gasteiger partial charge is 0.139 e. The molecule has 0 fully saturated rings. The largest absolute Gasteiger partial charge is 0.497 e. The van der Waals surface area contributed by atoms with Crippen LogP contribution in [0.15, 0.2) is 29.6 Å². The molecule has 0 aliphatic carbocycles. The van der Waals surface area contributed by atoms with E-state index in [0.29, 0.717) is 0 Å². The van der Waals surface area contributed by atoms with Crippen molar-refractivity contribution in [3.05, 3.63) is 35.5 Å². The second-order valence-corrected chi connectivity index (χ2v) is 7.41. The molecule has 120 valence electrons. The molecule has 0 radical (unpaired) electrons. The first kappa shape index (κ1) is 15.7. The van der Waals surface area contributed by atoms with Crippen molar-refractivity contribution in [2.45, 2.75) is 33.2 Å². The summed E-state index contributed by atoms with van der Waals surface area (Å²) < 4.78 is 5.24. The fraction of sp³-hybridized carbons (Fsp3) is 0.333. The molecule has 0 atom stereocenters. The first-order chi connectivity index (χ1) is 10.9. The molecule has 5 heteroatoms. The van der Waals surface area contributed by atoms with Crippen molar-refractivity contribution in [2.75, 3.05) is 12.4 Å². The third-order valence-corrected chi connectivity index (χ3v) is 4.31. The molecule has 4 nitrogen and oxygen atoms in total. The summed E-state index contributed by atoms with van der Waals surface area (Å²) in [5, 5.41) is 6.75. The Morgan fingerprint density at radius 2 is 1.78 bits per heavy atom. The predicted molar refractivity (Wildman–Crippen MR) is 97.5 cm³/mol. The molecule has 0 aliphatic heterocycles. The number of aryl methyl sites for hydroxylation is 1. The average molecular weight is 327 g/mol. The van der Waals surface area contributed by atoms with E-state index in [1.807, 2.05) is 19.1 Å². The molecular weight excluding hydrogens is 306 g/mol. The molecule has 0 amide bonds. The first-order valence-corrected chi connectivity index (χ1v) is 8.44. The maximum absolute atomic E-state index is 5.24. The van der Waals surface area contributed by atoms with Crippen molar-refractivity contribution >= 4 is 27.4 Å². The lowest BCUT2D eigenvalue weighted by Crippen LogP contribution is -2.27. The van der Waals surface area contributed by atoms with E-state index in [9.17, 15) is 0 Å². The zero-order chi connectivity index (χ0) is 16.6. The van der Waals surface area contributed by atoms with Gasteiger partial charge in [0.05, 0.1) is 12.5 Å². The van der Waals surface area contributed by atoms with Crippen LogP contribution in [0.2, 0.25) is 0 Å². The van der Waals surface area contributed by atoms with Gasteiger partial charge in [-0.3, -0.25) is 0 Å². The van der Waals surface area contributed by atoms with Gasteiger partial charge in [0.2, 0.25) is 0 Å². The molecule has 0 bridgehead atoms. The average Bonchev–Trinajstić information content (AvgIpc) is 2.89. The number of ether oxygens (including phenoxy) is 1. The Morgan fingerprint density at radius 3 is 2.39 bits per heavy atom. The van der Waals surface area contributed by atoms with Gasteiger partial charge in [-0.2, -0.15) is 0 Å². The van der Waals surface area contributed by atoms with Crippen LogP contribution in [-0.2, 0) is 0 Å². The number of fused-ring (bicyclic) bond motifs is 1. The Bertz CT molecular complexity index is 832. The van der Waals surface area contributed by atoms with Crippen LogP contribution in [0, 0.1) is 6.92 Å². The van der Waals surface area contributed by atoms with Gasteiger partial charge >= 0.3 is 0 Å². The number of hydrogen-bond acceptors (Lipinski definition) is 5. The van der Waals surface area contributed by atoms with Gasteiger partial charge in [-0.15, -0.1) is 11.3 Å². The fourth-order valence-electron chi connectivity index (χ4n) is 2.48. The van der Waals surface area contributed by atoms with E-state index in [4.69, 9.17) is 4.74 Å². The van der Waals surface area contributed by atoms with Gasteiger partial charge in [0.25, 0.3) is 0 Å². The van der Waals surface area contributed by atoms with Crippen LogP contribution < -0.4 is 10.1 Å². The number of anilines is 1. The summed E-state index contributed by atoms with van der Waals surface area (Å²) in [7, 11) is 1.68. The number of nitrogens with zero attached hydrogens (tertiary/aromatic N) is 2. The number of nitrogens with one attached hydrogen (secondary N) is 1. The summed E-state index contributed by atoms with van der Waals surface area (Å²) >= 11 is 1.65. The lowest BCUT2D eigenvalue weighted by Gasteiger charge is -2.22. The molecule has 1 aromatic carbocycles. The van der Waals surface area contributed by atoms with Crippen molar-refractivity contribution < 1.29 is 4.74 Å². The number of hydrogen-bond donors (Lipinski definition) is 1. The molecule has 2 aromatic heterocycles. The molecule has 3 aromatic rings. The van der Waals surface area contributed by atoms with Gasteiger partial charge in [0.15, 0.2) is 0 Å². The monoisotopic (exact) mass is 327 g/mol. The molecular formula is C18H21N3OS. The highest BCUT2D eigenvalue weighted by Gasteiger charge is 2.18. The number of rotatable bonds is 3. The van der Waals surface area contributed by atoms with E-state index in [0.717, 1.165) is 38.7 Å².